The monoisotopic (exact) mass is 380 g/mol. The van der Waals surface area contributed by atoms with E-state index in [9.17, 15) is 17.6 Å². The van der Waals surface area contributed by atoms with Gasteiger partial charge in [0.15, 0.2) is 5.82 Å². The van der Waals surface area contributed by atoms with E-state index in [2.05, 4.69) is 15.9 Å². The van der Waals surface area contributed by atoms with Crippen LogP contribution in [-0.2, 0) is 10.0 Å². The first kappa shape index (κ1) is 18.1. The Hall–Kier alpha value is -0.990. The van der Waals surface area contributed by atoms with E-state index >= 15 is 0 Å². The zero-order valence-electron chi connectivity index (χ0n) is 12.1. The molecule has 5 nitrogen and oxygen atoms in total. The maximum absolute atomic E-state index is 14.3. The number of benzene rings is 1. The third-order valence-electron chi connectivity index (χ3n) is 3.17. The summed E-state index contributed by atoms with van der Waals surface area (Å²) >= 11 is 3.06. The minimum Gasteiger partial charge on any atom is -0.341 e. The molecule has 8 heteroatoms. The van der Waals surface area contributed by atoms with Gasteiger partial charge in [-0.25, -0.2) is 17.9 Å². The Bertz CT molecular complexity index is 649. The van der Waals surface area contributed by atoms with Crippen molar-refractivity contribution in [2.45, 2.75) is 25.2 Å². The third-order valence-corrected chi connectivity index (χ3v) is 4.54. The lowest BCUT2D eigenvalue weighted by Gasteiger charge is -2.21. The molecule has 0 aliphatic heterocycles. The van der Waals surface area contributed by atoms with E-state index in [4.69, 9.17) is 5.14 Å². The van der Waals surface area contributed by atoms with E-state index in [1.807, 2.05) is 13.8 Å². The first-order valence-electron chi connectivity index (χ1n) is 6.35. The molecular formula is C13H18BrFN2O3S. The predicted molar refractivity (Wildman–Crippen MR) is 81.9 cm³/mol. The summed E-state index contributed by atoms with van der Waals surface area (Å²) < 4.78 is 37.3. The fourth-order valence-corrected chi connectivity index (χ4v) is 3.07. The Kier molecular flexibility index (Phi) is 5.89. The average Bonchev–Trinajstić information content (AvgIpc) is 2.38. The van der Waals surface area contributed by atoms with E-state index in [-0.39, 0.29) is 16.0 Å². The van der Waals surface area contributed by atoms with Crippen LogP contribution in [0.25, 0.3) is 0 Å². The molecule has 0 radical (unpaired) electrons. The number of carbonyl (C=O) groups is 1. The van der Waals surface area contributed by atoms with Gasteiger partial charge in [-0.05, 0) is 18.1 Å². The molecule has 118 valence electrons. The predicted octanol–water partition coefficient (Wildman–Crippen LogP) is 2.35. The van der Waals surface area contributed by atoms with Gasteiger partial charge in [0.25, 0.3) is 5.91 Å². The number of halogens is 2. The van der Waals surface area contributed by atoms with Crippen LogP contribution in [0.3, 0.4) is 0 Å². The smallest absolute Gasteiger partial charge is 0.256 e. The van der Waals surface area contributed by atoms with E-state index in [0.29, 0.717) is 6.54 Å². The van der Waals surface area contributed by atoms with Gasteiger partial charge < -0.3 is 4.90 Å². The largest absolute Gasteiger partial charge is 0.341 e. The second-order valence-electron chi connectivity index (χ2n) is 5.01. The molecule has 2 N–H and O–H groups in total. The Morgan fingerprint density at radius 1 is 1.48 bits per heavy atom. The van der Waals surface area contributed by atoms with Crippen molar-refractivity contribution in [1.29, 1.82) is 0 Å². The fourth-order valence-electron chi connectivity index (χ4n) is 1.81. The van der Waals surface area contributed by atoms with Crippen molar-refractivity contribution in [2.75, 3.05) is 13.6 Å². The zero-order chi connectivity index (χ0) is 16.4. The summed E-state index contributed by atoms with van der Waals surface area (Å²) in [6, 6.07) is 2.29. The molecule has 0 saturated heterocycles. The van der Waals surface area contributed by atoms with Crippen molar-refractivity contribution in [3.8, 4) is 0 Å². The lowest BCUT2D eigenvalue weighted by molar-refractivity contribution is 0.0769. The quantitative estimate of drug-likeness (QED) is 0.850. The van der Waals surface area contributed by atoms with Gasteiger partial charge >= 0.3 is 0 Å². The lowest BCUT2D eigenvalue weighted by atomic mass is 10.1. The van der Waals surface area contributed by atoms with Crippen LogP contribution in [0, 0.1) is 11.7 Å². The molecule has 1 rings (SSSR count). The van der Waals surface area contributed by atoms with Crippen LogP contribution >= 0.6 is 15.9 Å². The minimum atomic E-state index is -4.24. The average molecular weight is 381 g/mol. The molecule has 0 bridgehead atoms. The molecule has 0 aliphatic rings. The van der Waals surface area contributed by atoms with Gasteiger partial charge in [-0.3, -0.25) is 4.79 Å². The maximum atomic E-state index is 14.3. The van der Waals surface area contributed by atoms with Crippen molar-refractivity contribution >= 4 is 31.9 Å². The van der Waals surface area contributed by atoms with Crippen LogP contribution in [0.2, 0.25) is 0 Å². The summed E-state index contributed by atoms with van der Waals surface area (Å²) in [6.45, 7) is 4.41. The topological polar surface area (TPSA) is 80.5 Å². The first-order valence-corrected chi connectivity index (χ1v) is 8.69. The second-order valence-corrected chi connectivity index (χ2v) is 7.46. The summed E-state index contributed by atoms with van der Waals surface area (Å²) in [5.41, 5.74) is -0.320. The van der Waals surface area contributed by atoms with Gasteiger partial charge in [0.2, 0.25) is 10.0 Å². The molecule has 0 fully saturated rings. The number of rotatable bonds is 5. The van der Waals surface area contributed by atoms with Gasteiger partial charge in [-0.15, -0.1) is 0 Å². The Labute approximate surface area is 132 Å². The Morgan fingerprint density at radius 3 is 2.52 bits per heavy atom. The summed E-state index contributed by atoms with van der Waals surface area (Å²) in [4.78, 5) is 12.9. The highest BCUT2D eigenvalue weighted by molar-refractivity contribution is 9.10. The van der Waals surface area contributed by atoms with E-state index in [0.717, 1.165) is 12.5 Å². The number of nitrogens with two attached hydrogens (primary N) is 1. The number of amides is 1. The van der Waals surface area contributed by atoms with Gasteiger partial charge in [-0.1, -0.05) is 36.2 Å². The van der Waals surface area contributed by atoms with Gasteiger partial charge in [-0.2, -0.15) is 0 Å². The number of hydrogen-bond acceptors (Lipinski definition) is 3. The van der Waals surface area contributed by atoms with Gasteiger partial charge in [0.1, 0.15) is 4.90 Å². The highest BCUT2D eigenvalue weighted by Crippen LogP contribution is 2.24. The molecule has 1 aromatic rings. The first-order chi connectivity index (χ1) is 9.57. The number of carbonyl (C=O) groups excluding carboxylic acids is 1. The number of primary sulfonamides is 1. The number of sulfonamides is 1. The highest BCUT2D eigenvalue weighted by atomic mass is 79.9. The second kappa shape index (κ2) is 6.85. The minimum absolute atomic E-state index is 0.256. The molecule has 0 heterocycles. The van der Waals surface area contributed by atoms with Crippen molar-refractivity contribution in [2.24, 2.45) is 11.1 Å². The Balaban J connectivity index is 3.25. The van der Waals surface area contributed by atoms with Crippen LogP contribution in [-0.4, -0.2) is 32.8 Å². The molecule has 0 spiro atoms. The summed E-state index contributed by atoms with van der Waals surface area (Å²) in [7, 11) is -2.69. The van der Waals surface area contributed by atoms with Gasteiger partial charge in [0.05, 0.1) is 5.56 Å². The van der Waals surface area contributed by atoms with E-state index in [1.54, 1.807) is 7.05 Å². The molecule has 1 atom stereocenters. The summed E-state index contributed by atoms with van der Waals surface area (Å²) in [6.07, 6.45) is 0.876. The van der Waals surface area contributed by atoms with Crippen LogP contribution in [0.5, 0.6) is 0 Å². The van der Waals surface area contributed by atoms with E-state index in [1.165, 1.54) is 11.0 Å². The molecule has 1 unspecified atom stereocenters. The maximum Gasteiger partial charge on any atom is 0.256 e. The molecule has 21 heavy (non-hydrogen) atoms. The molecule has 1 aromatic carbocycles. The molecule has 1 amide bonds. The van der Waals surface area contributed by atoms with Crippen LogP contribution < -0.4 is 5.14 Å². The fraction of sp³-hybridized carbons (Fsp3) is 0.462. The van der Waals surface area contributed by atoms with Crippen molar-refractivity contribution < 1.29 is 17.6 Å². The van der Waals surface area contributed by atoms with Crippen molar-refractivity contribution in [3.05, 3.63) is 28.0 Å². The highest BCUT2D eigenvalue weighted by Gasteiger charge is 2.24. The molecular weight excluding hydrogens is 363 g/mol. The van der Waals surface area contributed by atoms with Crippen LogP contribution in [0.4, 0.5) is 4.39 Å². The summed E-state index contributed by atoms with van der Waals surface area (Å²) in [5.74, 6) is -1.45. The van der Waals surface area contributed by atoms with E-state index < -0.39 is 26.6 Å². The zero-order valence-corrected chi connectivity index (χ0v) is 14.5. The van der Waals surface area contributed by atoms with Gasteiger partial charge in [0, 0.05) is 18.1 Å². The standard InChI is InChI=1S/C13H18BrFN2O3S/c1-4-8(2)7-17(3)13(18)10-5-9(14)6-11(12(10)15)21(16,19)20/h5-6,8H,4,7H2,1-3H3,(H2,16,19,20). The van der Waals surface area contributed by atoms with Crippen LogP contribution in [0.15, 0.2) is 21.5 Å². The molecule has 0 aromatic heterocycles. The molecule has 0 aliphatic carbocycles. The summed E-state index contributed by atoms with van der Waals surface area (Å²) in [5, 5.41) is 4.96. The molecule has 0 saturated carbocycles. The Morgan fingerprint density at radius 2 is 2.05 bits per heavy atom. The number of nitrogens with zero attached hydrogens (tertiary/aromatic N) is 1. The van der Waals surface area contributed by atoms with Crippen LogP contribution in [0.1, 0.15) is 30.6 Å². The third kappa shape index (κ3) is 4.49. The number of hydrogen-bond donors (Lipinski definition) is 1. The normalized spacial score (nSPS) is 13.0. The van der Waals surface area contributed by atoms with Crippen molar-refractivity contribution in [1.82, 2.24) is 4.90 Å². The SMILES string of the molecule is CCC(C)CN(C)C(=O)c1cc(Br)cc(S(N)(=O)=O)c1F. The lowest BCUT2D eigenvalue weighted by Crippen LogP contribution is -2.32. The van der Waals surface area contributed by atoms with Crippen molar-refractivity contribution in [3.63, 3.8) is 0 Å².